The number of hydrogen-bond acceptors (Lipinski definition) is 7. The van der Waals surface area contributed by atoms with Gasteiger partial charge in [-0.3, -0.25) is 4.79 Å². The molecule has 7 nitrogen and oxygen atoms in total. The van der Waals surface area contributed by atoms with Gasteiger partial charge in [0.1, 0.15) is 17.4 Å². The molecule has 0 saturated carbocycles. The predicted molar refractivity (Wildman–Crippen MR) is 96.9 cm³/mol. The molecule has 1 atom stereocenters. The van der Waals surface area contributed by atoms with Crippen LogP contribution in [0.2, 0.25) is 0 Å². The summed E-state index contributed by atoms with van der Waals surface area (Å²) < 4.78 is 16.1. The second-order valence-electron chi connectivity index (χ2n) is 7.48. The Bertz CT molecular complexity index is 896. The molecule has 142 valence electrons. The number of carbonyl (C=O) groups excluding carboxylic acids is 1. The molecule has 1 aliphatic heterocycles. The first kappa shape index (κ1) is 18.6. The van der Waals surface area contributed by atoms with Crippen molar-refractivity contribution in [3.05, 3.63) is 40.5 Å². The van der Waals surface area contributed by atoms with Crippen molar-refractivity contribution in [1.29, 1.82) is 5.26 Å². The van der Waals surface area contributed by atoms with Crippen LogP contribution in [-0.4, -0.2) is 25.1 Å². The van der Waals surface area contributed by atoms with Gasteiger partial charge in [-0.05, 0) is 23.1 Å². The number of phenolic OH excluding ortho intramolecular Hbond substituents is 1. The van der Waals surface area contributed by atoms with E-state index in [1.165, 1.54) is 14.2 Å². The summed E-state index contributed by atoms with van der Waals surface area (Å²) in [4.78, 5) is 12.9. The second kappa shape index (κ2) is 6.54. The summed E-state index contributed by atoms with van der Waals surface area (Å²) in [5.74, 6) is -0.115. The normalized spacial score (nSPS) is 21.3. The number of rotatable bonds is 3. The molecular formula is C20H22N2O5. The number of carbonyl (C=O) groups is 1. The van der Waals surface area contributed by atoms with Crippen LogP contribution in [0.25, 0.3) is 0 Å². The van der Waals surface area contributed by atoms with E-state index in [1.54, 1.807) is 12.1 Å². The number of ketones is 1. The molecule has 0 fully saturated rings. The van der Waals surface area contributed by atoms with E-state index in [2.05, 4.69) is 6.07 Å². The van der Waals surface area contributed by atoms with Gasteiger partial charge in [0.15, 0.2) is 17.3 Å². The topological polar surface area (TPSA) is 115 Å². The first-order valence-electron chi connectivity index (χ1n) is 8.51. The van der Waals surface area contributed by atoms with Gasteiger partial charge in [0.05, 0.1) is 20.1 Å². The van der Waals surface area contributed by atoms with Crippen LogP contribution in [0.4, 0.5) is 0 Å². The molecular weight excluding hydrogens is 348 g/mol. The summed E-state index contributed by atoms with van der Waals surface area (Å²) in [6.45, 7) is 3.97. The van der Waals surface area contributed by atoms with E-state index in [0.29, 0.717) is 29.7 Å². The fraction of sp³-hybridized carbons (Fsp3) is 0.400. The van der Waals surface area contributed by atoms with Crippen molar-refractivity contribution in [2.75, 3.05) is 14.2 Å². The average Bonchev–Trinajstić information content (AvgIpc) is 2.59. The number of Topliss-reactive ketones (excluding diaryl/α,β-unsaturated/α-hetero) is 1. The fourth-order valence-electron chi connectivity index (χ4n) is 3.70. The van der Waals surface area contributed by atoms with E-state index >= 15 is 0 Å². The minimum absolute atomic E-state index is 0.0160. The number of allylic oxidation sites excluding steroid dienone is 3. The summed E-state index contributed by atoms with van der Waals surface area (Å²) in [5.41, 5.74) is 6.89. The molecule has 3 N–H and O–H groups in total. The predicted octanol–water partition coefficient (Wildman–Crippen LogP) is 2.86. The molecule has 7 heteroatoms. The monoisotopic (exact) mass is 370 g/mol. The lowest BCUT2D eigenvalue weighted by Crippen LogP contribution is -2.33. The van der Waals surface area contributed by atoms with Gasteiger partial charge < -0.3 is 25.1 Å². The van der Waals surface area contributed by atoms with Crippen molar-refractivity contribution in [3.8, 4) is 23.3 Å². The van der Waals surface area contributed by atoms with Crippen LogP contribution in [-0.2, 0) is 9.53 Å². The molecule has 0 spiro atoms. The Morgan fingerprint density at radius 2 is 1.85 bits per heavy atom. The van der Waals surface area contributed by atoms with Crippen LogP contribution in [0.1, 0.15) is 38.2 Å². The summed E-state index contributed by atoms with van der Waals surface area (Å²) in [7, 11) is 2.83. The molecule has 0 radical (unpaired) electrons. The Labute approximate surface area is 157 Å². The number of hydrogen-bond donors (Lipinski definition) is 2. The minimum atomic E-state index is -0.703. The van der Waals surface area contributed by atoms with Crippen molar-refractivity contribution in [1.82, 2.24) is 0 Å². The van der Waals surface area contributed by atoms with Crippen LogP contribution < -0.4 is 15.2 Å². The lowest BCUT2D eigenvalue weighted by molar-refractivity contribution is -0.119. The molecule has 0 aromatic heterocycles. The zero-order chi connectivity index (χ0) is 19.9. The van der Waals surface area contributed by atoms with Gasteiger partial charge in [-0.25, -0.2) is 0 Å². The van der Waals surface area contributed by atoms with Gasteiger partial charge in [-0.1, -0.05) is 13.8 Å². The Balaban J connectivity index is 2.25. The molecule has 0 bridgehead atoms. The van der Waals surface area contributed by atoms with Gasteiger partial charge in [0, 0.05) is 18.4 Å². The average molecular weight is 370 g/mol. The molecule has 2 aliphatic rings. The van der Waals surface area contributed by atoms with Crippen LogP contribution in [0.5, 0.6) is 17.2 Å². The van der Waals surface area contributed by atoms with E-state index in [9.17, 15) is 15.2 Å². The number of nitriles is 1. The highest BCUT2D eigenvalue weighted by molar-refractivity contribution is 6.00. The fourth-order valence-corrected chi connectivity index (χ4v) is 3.70. The van der Waals surface area contributed by atoms with Gasteiger partial charge in [-0.2, -0.15) is 5.26 Å². The summed E-state index contributed by atoms with van der Waals surface area (Å²) in [6, 6.07) is 5.22. The highest BCUT2D eigenvalue weighted by Gasteiger charge is 2.43. The lowest BCUT2D eigenvalue weighted by atomic mass is 9.70. The SMILES string of the molecule is COc1cc([C@@H]2C(C#N)=C(N)OC3=C2C(=O)CC(C)(C)C3)cc(OC)c1O. The van der Waals surface area contributed by atoms with Crippen molar-refractivity contribution < 1.29 is 24.1 Å². The van der Waals surface area contributed by atoms with Crippen molar-refractivity contribution in [2.45, 2.75) is 32.6 Å². The standard InChI is InChI=1S/C20H22N2O5/c1-20(2)7-12(23)17-15(8-20)27-19(22)11(9-21)16(17)10-5-13(25-3)18(24)14(6-10)26-4/h5-6,16,24H,7-8,22H2,1-4H3/t16-/m1/s1. The maximum Gasteiger partial charge on any atom is 0.205 e. The Kier molecular flexibility index (Phi) is 4.52. The third kappa shape index (κ3) is 3.08. The molecule has 1 aliphatic carbocycles. The van der Waals surface area contributed by atoms with Crippen LogP contribution in [0.3, 0.4) is 0 Å². The molecule has 1 aromatic rings. The Hall–Kier alpha value is -3.14. The first-order chi connectivity index (χ1) is 12.7. The zero-order valence-corrected chi connectivity index (χ0v) is 15.8. The molecule has 1 aromatic carbocycles. The number of aromatic hydroxyl groups is 1. The van der Waals surface area contributed by atoms with Gasteiger partial charge >= 0.3 is 0 Å². The van der Waals surface area contributed by atoms with Gasteiger partial charge in [0.25, 0.3) is 0 Å². The molecule has 27 heavy (non-hydrogen) atoms. The first-order valence-corrected chi connectivity index (χ1v) is 8.51. The Morgan fingerprint density at radius 3 is 2.37 bits per heavy atom. The van der Waals surface area contributed by atoms with E-state index in [4.69, 9.17) is 19.9 Å². The smallest absolute Gasteiger partial charge is 0.205 e. The van der Waals surface area contributed by atoms with Crippen molar-refractivity contribution >= 4 is 5.78 Å². The third-order valence-electron chi connectivity index (χ3n) is 4.91. The number of phenols is 1. The van der Waals surface area contributed by atoms with E-state index < -0.39 is 5.92 Å². The van der Waals surface area contributed by atoms with Gasteiger partial charge in [-0.15, -0.1) is 0 Å². The van der Waals surface area contributed by atoms with E-state index in [-0.39, 0.29) is 39.9 Å². The van der Waals surface area contributed by atoms with Crippen molar-refractivity contribution in [2.24, 2.45) is 11.1 Å². The Morgan fingerprint density at radius 1 is 1.26 bits per heavy atom. The number of nitrogens with zero attached hydrogens (tertiary/aromatic N) is 1. The largest absolute Gasteiger partial charge is 0.502 e. The molecule has 1 heterocycles. The maximum absolute atomic E-state index is 12.9. The quantitative estimate of drug-likeness (QED) is 0.840. The molecule has 3 rings (SSSR count). The van der Waals surface area contributed by atoms with Crippen LogP contribution in [0.15, 0.2) is 34.9 Å². The lowest BCUT2D eigenvalue weighted by Gasteiger charge is -2.37. The summed E-state index contributed by atoms with van der Waals surface area (Å²) >= 11 is 0. The van der Waals surface area contributed by atoms with Crippen LogP contribution in [0, 0.1) is 16.7 Å². The van der Waals surface area contributed by atoms with Crippen LogP contribution >= 0.6 is 0 Å². The van der Waals surface area contributed by atoms with Crippen molar-refractivity contribution in [3.63, 3.8) is 0 Å². The summed E-state index contributed by atoms with van der Waals surface area (Å²) in [6.07, 6.45) is 0.882. The number of ether oxygens (including phenoxy) is 3. The second-order valence-corrected chi connectivity index (χ2v) is 7.48. The molecule has 0 amide bonds. The van der Waals surface area contributed by atoms with Gasteiger partial charge in [0.2, 0.25) is 11.6 Å². The number of benzene rings is 1. The number of methoxy groups -OCH3 is 2. The zero-order valence-electron chi connectivity index (χ0n) is 15.8. The highest BCUT2D eigenvalue weighted by atomic mass is 16.5. The molecule has 0 unspecified atom stereocenters. The van der Waals surface area contributed by atoms with E-state index in [1.807, 2.05) is 13.8 Å². The minimum Gasteiger partial charge on any atom is -0.502 e. The summed E-state index contributed by atoms with van der Waals surface area (Å²) in [5, 5.41) is 19.9. The highest BCUT2D eigenvalue weighted by Crippen LogP contribution is 2.50. The maximum atomic E-state index is 12.9. The number of nitrogens with two attached hydrogens (primary N) is 1. The molecule has 0 saturated heterocycles. The third-order valence-corrected chi connectivity index (χ3v) is 4.91. The van der Waals surface area contributed by atoms with E-state index in [0.717, 1.165) is 0 Å².